The van der Waals surface area contributed by atoms with Crippen LogP contribution in [0, 0.1) is 0 Å². The SMILES string of the molecule is Nc1ncc(C(O)CNc2ccnc(C(F)(F)F)n2)c(C2CCNCC2)n1. The van der Waals surface area contributed by atoms with Crippen LogP contribution in [-0.4, -0.2) is 44.7 Å². The highest BCUT2D eigenvalue weighted by molar-refractivity contribution is 5.36. The molecule has 5 N–H and O–H groups in total. The minimum absolute atomic E-state index is 0.0313. The van der Waals surface area contributed by atoms with Crippen LogP contribution < -0.4 is 16.4 Å². The van der Waals surface area contributed by atoms with Gasteiger partial charge in [0.1, 0.15) is 5.82 Å². The molecule has 1 unspecified atom stereocenters. The molecule has 2 aromatic rings. The van der Waals surface area contributed by atoms with Crippen molar-refractivity contribution in [1.29, 1.82) is 0 Å². The van der Waals surface area contributed by atoms with Crippen LogP contribution in [0.4, 0.5) is 24.9 Å². The first-order chi connectivity index (χ1) is 12.8. The zero-order chi connectivity index (χ0) is 19.4. The van der Waals surface area contributed by atoms with Crippen molar-refractivity contribution in [3.63, 3.8) is 0 Å². The van der Waals surface area contributed by atoms with E-state index in [1.807, 2.05) is 0 Å². The Morgan fingerprint density at radius 2 is 2.00 bits per heavy atom. The highest BCUT2D eigenvalue weighted by Crippen LogP contribution is 2.30. The van der Waals surface area contributed by atoms with Gasteiger partial charge in [-0.2, -0.15) is 13.2 Å². The van der Waals surface area contributed by atoms with Gasteiger partial charge in [0.2, 0.25) is 11.8 Å². The molecule has 1 atom stereocenters. The molecule has 11 heteroatoms. The summed E-state index contributed by atoms with van der Waals surface area (Å²) in [6, 6.07) is 1.30. The maximum absolute atomic E-state index is 12.7. The molecule has 8 nitrogen and oxygen atoms in total. The number of nitrogens with zero attached hydrogens (tertiary/aromatic N) is 4. The van der Waals surface area contributed by atoms with E-state index in [0.717, 1.165) is 32.1 Å². The van der Waals surface area contributed by atoms with Crippen LogP contribution in [0.15, 0.2) is 18.5 Å². The number of anilines is 2. The van der Waals surface area contributed by atoms with Gasteiger partial charge >= 0.3 is 6.18 Å². The number of aliphatic hydroxyl groups is 1. The average molecular weight is 383 g/mol. The highest BCUT2D eigenvalue weighted by Gasteiger charge is 2.34. The lowest BCUT2D eigenvalue weighted by Crippen LogP contribution is -2.28. The molecule has 1 aliphatic rings. The monoisotopic (exact) mass is 383 g/mol. The molecule has 0 aromatic carbocycles. The van der Waals surface area contributed by atoms with Crippen molar-refractivity contribution in [2.45, 2.75) is 31.0 Å². The van der Waals surface area contributed by atoms with Crippen molar-refractivity contribution in [3.8, 4) is 0 Å². The molecule has 3 heterocycles. The van der Waals surface area contributed by atoms with Crippen LogP contribution >= 0.6 is 0 Å². The van der Waals surface area contributed by atoms with Crippen LogP contribution in [0.5, 0.6) is 0 Å². The number of nitrogens with one attached hydrogen (secondary N) is 2. The number of hydrogen-bond acceptors (Lipinski definition) is 8. The lowest BCUT2D eigenvalue weighted by atomic mass is 9.90. The first-order valence-corrected chi connectivity index (χ1v) is 8.50. The Balaban J connectivity index is 1.74. The van der Waals surface area contributed by atoms with Crippen LogP contribution in [0.2, 0.25) is 0 Å². The summed E-state index contributed by atoms with van der Waals surface area (Å²) in [5.74, 6) is -1.01. The number of nitrogen functional groups attached to an aromatic ring is 1. The lowest BCUT2D eigenvalue weighted by molar-refractivity contribution is -0.144. The Morgan fingerprint density at radius 1 is 1.26 bits per heavy atom. The smallest absolute Gasteiger partial charge is 0.386 e. The second-order valence-electron chi connectivity index (χ2n) is 6.25. The van der Waals surface area contributed by atoms with E-state index in [1.54, 1.807) is 0 Å². The average Bonchev–Trinajstić information content (AvgIpc) is 2.66. The number of alkyl halides is 3. The van der Waals surface area contributed by atoms with E-state index in [9.17, 15) is 18.3 Å². The summed E-state index contributed by atoms with van der Waals surface area (Å²) in [5, 5.41) is 16.5. The Bertz CT molecular complexity index is 781. The summed E-state index contributed by atoms with van der Waals surface area (Å²) in [4.78, 5) is 14.9. The summed E-state index contributed by atoms with van der Waals surface area (Å²) in [6.45, 7) is 1.62. The van der Waals surface area contributed by atoms with Gasteiger partial charge in [0.05, 0.1) is 11.8 Å². The molecule has 0 amide bonds. The number of piperidine rings is 1. The summed E-state index contributed by atoms with van der Waals surface area (Å²) in [6.07, 6.45) is -1.48. The highest BCUT2D eigenvalue weighted by atomic mass is 19.4. The first-order valence-electron chi connectivity index (χ1n) is 8.50. The molecule has 1 fully saturated rings. The second kappa shape index (κ2) is 8.01. The molecule has 0 aliphatic carbocycles. The summed E-state index contributed by atoms with van der Waals surface area (Å²) < 4.78 is 38.1. The van der Waals surface area contributed by atoms with Crippen LogP contribution in [0.25, 0.3) is 0 Å². The van der Waals surface area contributed by atoms with Gasteiger partial charge < -0.3 is 21.5 Å². The topological polar surface area (TPSA) is 122 Å². The Morgan fingerprint density at radius 3 is 2.70 bits per heavy atom. The number of halogens is 3. The molecule has 0 radical (unpaired) electrons. The predicted molar refractivity (Wildman–Crippen MR) is 91.8 cm³/mol. The maximum Gasteiger partial charge on any atom is 0.451 e. The van der Waals surface area contributed by atoms with Gasteiger partial charge in [0.25, 0.3) is 0 Å². The molecule has 1 aliphatic heterocycles. The van der Waals surface area contributed by atoms with Gasteiger partial charge in [-0.1, -0.05) is 0 Å². The lowest BCUT2D eigenvalue weighted by Gasteiger charge is -2.25. The Labute approximate surface area is 153 Å². The van der Waals surface area contributed by atoms with Gasteiger partial charge in [-0.25, -0.2) is 19.9 Å². The molecule has 0 saturated carbocycles. The van der Waals surface area contributed by atoms with Crippen molar-refractivity contribution in [2.24, 2.45) is 0 Å². The standard InChI is InChI=1S/C16H20F3N7O/c17-16(18,19)14-22-6-3-12(25-14)23-8-11(27)10-7-24-15(20)26-13(10)9-1-4-21-5-2-9/h3,6-7,9,11,21,27H,1-2,4-5,8H2,(H2,20,24,26)(H,22,23,25). The van der Waals surface area contributed by atoms with Crippen molar-refractivity contribution in [1.82, 2.24) is 25.3 Å². The minimum atomic E-state index is -4.64. The number of hydrogen-bond donors (Lipinski definition) is 4. The normalized spacial score (nSPS) is 16.9. The fourth-order valence-corrected chi connectivity index (χ4v) is 3.00. The molecular formula is C16H20F3N7O. The van der Waals surface area contributed by atoms with Gasteiger partial charge in [0, 0.05) is 30.4 Å². The van der Waals surface area contributed by atoms with E-state index in [0.29, 0.717) is 11.3 Å². The minimum Gasteiger partial charge on any atom is -0.386 e. The summed E-state index contributed by atoms with van der Waals surface area (Å²) in [5.41, 5.74) is 6.88. The third-order valence-electron chi connectivity index (χ3n) is 4.34. The van der Waals surface area contributed by atoms with Crippen molar-refractivity contribution in [2.75, 3.05) is 30.7 Å². The van der Waals surface area contributed by atoms with E-state index >= 15 is 0 Å². The molecular weight excluding hydrogens is 363 g/mol. The fourth-order valence-electron chi connectivity index (χ4n) is 3.00. The number of aliphatic hydroxyl groups excluding tert-OH is 1. The molecule has 0 bridgehead atoms. The molecule has 146 valence electrons. The molecule has 27 heavy (non-hydrogen) atoms. The van der Waals surface area contributed by atoms with E-state index in [4.69, 9.17) is 5.73 Å². The quantitative estimate of drug-likeness (QED) is 0.613. The molecule has 1 saturated heterocycles. The van der Waals surface area contributed by atoms with Gasteiger partial charge in [-0.15, -0.1) is 0 Å². The van der Waals surface area contributed by atoms with Crippen molar-refractivity contribution in [3.05, 3.63) is 35.5 Å². The third-order valence-corrected chi connectivity index (χ3v) is 4.34. The Hall–Kier alpha value is -2.53. The van der Waals surface area contributed by atoms with E-state index in [-0.39, 0.29) is 24.2 Å². The maximum atomic E-state index is 12.7. The zero-order valence-corrected chi connectivity index (χ0v) is 14.4. The second-order valence-corrected chi connectivity index (χ2v) is 6.25. The van der Waals surface area contributed by atoms with Gasteiger partial charge in [-0.05, 0) is 32.0 Å². The van der Waals surface area contributed by atoms with Crippen LogP contribution in [0.3, 0.4) is 0 Å². The van der Waals surface area contributed by atoms with E-state index in [2.05, 4.69) is 30.6 Å². The van der Waals surface area contributed by atoms with Crippen LogP contribution in [-0.2, 0) is 6.18 Å². The zero-order valence-electron chi connectivity index (χ0n) is 14.4. The third kappa shape index (κ3) is 4.80. The van der Waals surface area contributed by atoms with Crippen molar-refractivity contribution < 1.29 is 18.3 Å². The summed E-state index contributed by atoms with van der Waals surface area (Å²) >= 11 is 0. The molecule has 2 aromatic heterocycles. The first kappa shape index (κ1) is 19.2. The number of rotatable bonds is 5. The van der Waals surface area contributed by atoms with Gasteiger partial charge in [0.15, 0.2) is 0 Å². The number of aromatic nitrogens is 4. The van der Waals surface area contributed by atoms with Crippen LogP contribution in [0.1, 0.15) is 41.9 Å². The predicted octanol–water partition coefficient (Wildman–Crippen LogP) is 1.48. The number of nitrogens with two attached hydrogens (primary N) is 1. The van der Waals surface area contributed by atoms with Gasteiger partial charge in [-0.3, -0.25) is 0 Å². The Kier molecular flexibility index (Phi) is 5.71. The van der Waals surface area contributed by atoms with E-state index in [1.165, 1.54) is 12.3 Å². The largest absolute Gasteiger partial charge is 0.451 e. The fraction of sp³-hybridized carbons (Fsp3) is 0.500. The molecule has 3 rings (SSSR count). The van der Waals surface area contributed by atoms with E-state index < -0.39 is 18.1 Å². The molecule has 0 spiro atoms. The van der Waals surface area contributed by atoms with Crippen molar-refractivity contribution >= 4 is 11.8 Å². The summed E-state index contributed by atoms with van der Waals surface area (Å²) in [7, 11) is 0.